The van der Waals surface area contributed by atoms with Crippen molar-refractivity contribution in [2.45, 2.75) is 32.4 Å². The van der Waals surface area contributed by atoms with E-state index in [0.29, 0.717) is 12.6 Å². The highest BCUT2D eigenvalue weighted by atomic mass is 79.9. The van der Waals surface area contributed by atoms with Gasteiger partial charge in [-0.05, 0) is 47.9 Å². The summed E-state index contributed by atoms with van der Waals surface area (Å²) in [4.78, 5) is 9.32. The Morgan fingerprint density at radius 2 is 2.37 bits per heavy atom. The van der Waals surface area contributed by atoms with Crippen LogP contribution in [0.15, 0.2) is 16.7 Å². The number of pyridine rings is 1. The second kappa shape index (κ2) is 6.68. The van der Waals surface area contributed by atoms with Crippen LogP contribution in [0.5, 0.6) is 0 Å². The third kappa shape index (κ3) is 3.46. The summed E-state index contributed by atoms with van der Waals surface area (Å²) in [7, 11) is 2.11. The summed E-state index contributed by atoms with van der Waals surface area (Å²) in [5, 5.41) is 0. The molecule has 0 aromatic carbocycles. The van der Waals surface area contributed by atoms with Crippen LogP contribution >= 0.6 is 15.9 Å². The molecule has 0 radical (unpaired) electrons. The monoisotopic (exact) mass is 326 g/mol. The largest absolute Gasteiger partial charge is 0.358 e. The van der Waals surface area contributed by atoms with Gasteiger partial charge >= 0.3 is 0 Å². The van der Waals surface area contributed by atoms with E-state index in [4.69, 9.17) is 5.73 Å². The number of anilines is 1. The third-order valence-electron chi connectivity index (χ3n) is 3.88. The minimum atomic E-state index is 0.522. The molecule has 106 valence electrons. The van der Waals surface area contributed by atoms with Crippen molar-refractivity contribution in [3.63, 3.8) is 0 Å². The topological polar surface area (TPSA) is 45.4 Å². The van der Waals surface area contributed by atoms with E-state index in [1.807, 2.05) is 6.20 Å². The molecule has 1 aliphatic heterocycles. The summed E-state index contributed by atoms with van der Waals surface area (Å²) >= 11 is 3.45. The van der Waals surface area contributed by atoms with Crippen LogP contribution in [0.1, 0.15) is 25.3 Å². The van der Waals surface area contributed by atoms with Gasteiger partial charge in [0.15, 0.2) is 0 Å². The van der Waals surface area contributed by atoms with Crippen LogP contribution in [0.4, 0.5) is 5.82 Å². The SMILES string of the molecule is CCN1CCCC1CN(C)c1ncc(Br)cc1CN. The third-order valence-corrected chi connectivity index (χ3v) is 4.31. The molecule has 0 spiro atoms. The Bertz CT molecular complexity index is 424. The molecule has 0 amide bonds. The zero-order valence-corrected chi connectivity index (χ0v) is 13.4. The highest BCUT2D eigenvalue weighted by molar-refractivity contribution is 9.10. The number of rotatable bonds is 5. The normalized spacial score (nSPS) is 19.9. The lowest BCUT2D eigenvalue weighted by Crippen LogP contribution is -2.39. The van der Waals surface area contributed by atoms with Gasteiger partial charge in [-0.15, -0.1) is 0 Å². The van der Waals surface area contributed by atoms with Crippen molar-refractivity contribution >= 4 is 21.7 Å². The number of likely N-dealkylation sites (tertiary alicyclic amines) is 1. The fourth-order valence-electron chi connectivity index (χ4n) is 2.89. The van der Waals surface area contributed by atoms with Gasteiger partial charge in [-0.25, -0.2) is 4.98 Å². The number of likely N-dealkylation sites (N-methyl/N-ethyl adjacent to an activating group) is 2. The van der Waals surface area contributed by atoms with Gasteiger partial charge < -0.3 is 10.6 Å². The Morgan fingerprint density at radius 1 is 1.58 bits per heavy atom. The number of nitrogens with zero attached hydrogens (tertiary/aromatic N) is 3. The minimum Gasteiger partial charge on any atom is -0.358 e. The first-order valence-electron chi connectivity index (χ1n) is 6.95. The minimum absolute atomic E-state index is 0.522. The van der Waals surface area contributed by atoms with E-state index in [1.54, 1.807) is 0 Å². The van der Waals surface area contributed by atoms with Crippen molar-refractivity contribution in [3.05, 3.63) is 22.3 Å². The predicted molar refractivity (Wildman–Crippen MR) is 83.4 cm³/mol. The fourth-order valence-corrected chi connectivity index (χ4v) is 3.27. The van der Waals surface area contributed by atoms with Crippen LogP contribution in [-0.4, -0.2) is 42.6 Å². The van der Waals surface area contributed by atoms with E-state index in [-0.39, 0.29) is 0 Å². The molecular formula is C14H23BrN4. The molecule has 1 aromatic heterocycles. The number of nitrogens with two attached hydrogens (primary N) is 1. The maximum atomic E-state index is 5.82. The molecule has 1 aromatic rings. The number of aromatic nitrogens is 1. The smallest absolute Gasteiger partial charge is 0.132 e. The van der Waals surface area contributed by atoms with Gasteiger partial charge in [0.05, 0.1) is 0 Å². The summed E-state index contributed by atoms with van der Waals surface area (Å²) in [5.74, 6) is 1.01. The molecule has 0 aliphatic carbocycles. The fraction of sp³-hybridized carbons (Fsp3) is 0.643. The molecule has 1 saturated heterocycles. The molecule has 5 heteroatoms. The Kier molecular flexibility index (Phi) is 5.19. The Labute approximate surface area is 124 Å². The van der Waals surface area contributed by atoms with E-state index in [0.717, 1.165) is 28.9 Å². The first-order valence-corrected chi connectivity index (χ1v) is 7.74. The molecule has 4 nitrogen and oxygen atoms in total. The maximum Gasteiger partial charge on any atom is 0.132 e. The van der Waals surface area contributed by atoms with Crippen molar-refractivity contribution in [3.8, 4) is 0 Å². The average molecular weight is 327 g/mol. The molecule has 19 heavy (non-hydrogen) atoms. The molecule has 1 aliphatic rings. The zero-order chi connectivity index (χ0) is 13.8. The number of hydrogen-bond donors (Lipinski definition) is 1. The predicted octanol–water partition coefficient (Wildman–Crippen LogP) is 2.22. The van der Waals surface area contributed by atoms with Gasteiger partial charge in [-0.1, -0.05) is 6.92 Å². The van der Waals surface area contributed by atoms with Crippen LogP contribution < -0.4 is 10.6 Å². The molecule has 2 rings (SSSR count). The van der Waals surface area contributed by atoms with Crippen molar-refractivity contribution in [2.24, 2.45) is 5.73 Å². The van der Waals surface area contributed by atoms with Crippen molar-refractivity contribution in [2.75, 3.05) is 31.6 Å². The van der Waals surface area contributed by atoms with E-state index in [9.17, 15) is 0 Å². The standard InChI is InChI=1S/C14H23BrN4/c1-3-19-6-4-5-13(19)10-18(2)14-11(8-16)7-12(15)9-17-14/h7,9,13H,3-6,8,10,16H2,1-2H3. The maximum absolute atomic E-state index is 5.82. The van der Waals surface area contributed by atoms with Gasteiger partial charge in [-0.3, -0.25) is 4.90 Å². The van der Waals surface area contributed by atoms with E-state index >= 15 is 0 Å². The van der Waals surface area contributed by atoms with Gasteiger partial charge in [-0.2, -0.15) is 0 Å². The second-order valence-electron chi connectivity index (χ2n) is 5.15. The highest BCUT2D eigenvalue weighted by Gasteiger charge is 2.24. The van der Waals surface area contributed by atoms with E-state index < -0.39 is 0 Å². The molecule has 1 atom stereocenters. The summed E-state index contributed by atoms with van der Waals surface area (Å²) in [6.07, 6.45) is 4.44. The van der Waals surface area contributed by atoms with E-state index in [1.165, 1.54) is 19.4 Å². The average Bonchev–Trinajstić information content (AvgIpc) is 2.85. The Morgan fingerprint density at radius 3 is 3.05 bits per heavy atom. The van der Waals surface area contributed by atoms with Crippen molar-refractivity contribution in [1.29, 1.82) is 0 Å². The van der Waals surface area contributed by atoms with Crippen LogP contribution in [-0.2, 0) is 6.54 Å². The van der Waals surface area contributed by atoms with Crippen LogP contribution in [0.25, 0.3) is 0 Å². The molecule has 2 heterocycles. The van der Waals surface area contributed by atoms with Crippen molar-refractivity contribution in [1.82, 2.24) is 9.88 Å². The molecular weight excluding hydrogens is 304 g/mol. The summed E-state index contributed by atoms with van der Waals surface area (Å²) in [6.45, 7) is 6.15. The van der Waals surface area contributed by atoms with Crippen LogP contribution in [0.3, 0.4) is 0 Å². The summed E-state index contributed by atoms with van der Waals surface area (Å²) in [5.41, 5.74) is 6.92. The molecule has 1 fully saturated rings. The Hall–Kier alpha value is -0.650. The second-order valence-corrected chi connectivity index (χ2v) is 6.06. The van der Waals surface area contributed by atoms with E-state index in [2.05, 4.69) is 50.8 Å². The van der Waals surface area contributed by atoms with Crippen LogP contribution in [0, 0.1) is 0 Å². The first kappa shape index (κ1) is 14.8. The molecule has 0 saturated carbocycles. The lowest BCUT2D eigenvalue weighted by atomic mass is 10.2. The number of hydrogen-bond acceptors (Lipinski definition) is 4. The lowest BCUT2D eigenvalue weighted by Gasteiger charge is -2.29. The lowest BCUT2D eigenvalue weighted by molar-refractivity contribution is 0.270. The summed E-state index contributed by atoms with van der Waals surface area (Å²) < 4.78 is 0.987. The zero-order valence-electron chi connectivity index (χ0n) is 11.8. The highest BCUT2D eigenvalue weighted by Crippen LogP contribution is 2.23. The summed E-state index contributed by atoms with van der Waals surface area (Å²) in [6, 6.07) is 2.71. The Balaban J connectivity index is 2.09. The van der Waals surface area contributed by atoms with Gasteiger partial charge in [0.2, 0.25) is 0 Å². The quantitative estimate of drug-likeness (QED) is 0.901. The van der Waals surface area contributed by atoms with Gasteiger partial charge in [0, 0.05) is 42.4 Å². The number of halogens is 1. The van der Waals surface area contributed by atoms with Crippen molar-refractivity contribution < 1.29 is 0 Å². The van der Waals surface area contributed by atoms with Gasteiger partial charge in [0.25, 0.3) is 0 Å². The first-order chi connectivity index (χ1) is 9.15. The van der Waals surface area contributed by atoms with Crippen LogP contribution in [0.2, 0.25) is 0 Å². The molecule has 0 bridgehead atoms. The molecule has 2 N–H and O–H groups in total. The van der Waals surface area contributed by atoms with Gasteiger partial charge in [0.1, 0.15) is 5.82 Å². The molecule has 1 unspecified atom stereocenters.